The first-order chi connectivity index (χ1) is 10.1. The molecule has 0 saturated heterocycles. The van der Waals surface area contributed by atoms with Crippen LogP contribution < -0.4 is 15.4 Å². The quantitative estimate of drug-likeness (QED) is 0.824. The maximum Gasteiger partial charge on any atom is 0.171 e. The first-order valence-electron chi connectivity index (χ1n) is 6.95. The number of hydrogen-bond acceptors (Lipinski definition) is 2. The van der Waals surface area contributed by atoms with E-state index in [4.69, 9.17) is 17.0 Å². The Morgan fingerprint density at radius 3 is 2.62 bits per heavy atom. The Hall–Kier alpha value is -2.07. The van der Waals surface area contributed by atoms with Crippen LogP contribution in [0.5, 0.6) is 5.75 Å². The molecule has 21 heavy (non-hydrogen) atoms. The zero-order chi connectivity index (χ0) is 15.1. The molecule has 0 aromatic heterocycles. The second kappa shape index (κ2) is 7.64. The fourth-order valence-corrected chi connectivity index (χ4v) is 2.21. The Labute approximate surface area is 131 Å². The molecule has 2 rings (SSSR count). The van der Waals surface area contributed by atoms with Crippen LogP contribution >= 0.6 is 12.2 Å². The summed E-state index contributed by atoms with van der Waals surface area (Å²) in [4.78, 5) is 0. The molecule has 0 aliphatic heterocycles. The average molecular weight is 300 g/mol. The minimum atomic E-state index is 0.120. The summed E-state index contributed by atoms with van der Waals surface area (Å²) in [6.45, 7) is 4.64. The third kappa shape index (κ3) is 5.44. The molecule has 4 heteroatoms. The average Bonchev–Trinajstić information content (AvgIpc) is 2.46. The molecule has 3 nitrogen and oxygen atoms in total. The molecule has 1 atom stereocenters. The third-order valence-electron chi connectivity index (χ3n) is 2.90. The number of para-hydroxylation sites is 1. The van der Waals surface area contributed by atoms with E-state index in [9.17, 15) is 0 Å². The molecule has 0 bridgehead atoms. The highest BCUT2D eigenvalue weighted by molar-refractivity contribution is 7.80. The van der Waals surface area contributed by atoms with E-state index in [1.807, 2.05) is 49.4 Å². The van der Waals surface area contributed by atoms with Crippen LogP contribution in [0.4, 0.5) is 5.69 Å². The largest absolute Gasteiger partial charge is 0.491 e. The maximum absolute atomic E-state index is 5.69. The van der Waals surface area contributed by atoms with E-state index in [0.717, 1.165) is 11.4 Å². The molecule has 0 aliphatic rings. The predicted octanol–water partition coefficient (Wildman–Crippen LogP) is 3.75. The number of hydrogen-bond donors (Lipinski definition) is 2. The number of benzene rings is 2. The lowest BCUT2D eigenvalue weighted by molar-refractivity contribution is 0.287. The minimum absolute atomic E-state index is 0.120. The Balaban J connectivity index is 1.77. The summed E-state index contributed by atoms with van der Waals surface area (Å²) in [6.07, 6.45) is 0. The van der Waals surface area contributed by atoms with Crippen molar-refractivity contribution in [3.63, 3.8) is 0 Å². The second-order valence-electron chi connectivity index (χ2n) is 4.99. The van der Waals surface area contributed by atoms with E-state index in [2.05, 4.69) is 29.7 Å². The number of aryl methyl sites for hydroxylation is 1. The van der Waals surface area contributed by atoms with E-state index < -0.39 is 0 Å². The first kappa shape index (κ1) is 15.3. The number of thiocarbonyl (C=S) groups is 1. The lowest BCUT2D eigenvalue weighted by Gasteiger charge is -2.17. The van der Waals surface area contributed by atoms with Crippen LogP contribution in [0, 0.1) is 6.92 Å². The van der Waals surface area contributed by atoms with Crippen molar-refractivity contribution in [2.45, 2.75) is 19.9 Å². The van der Waals surface area contributed by atoms with Crippen molar-refractivity contribution in [2.75, 3.05) is 11.9 Å². The Morgan fingerprint density at radius 2 is 1.90 bits per heavy atom. The lowest BCUT2D eigenvalue weighted by atomic mass is 10.2. The molecule has 2 aromatic carbocycles. The van der Waals surface area contributed by atoms with Crippen LogP contribution in [0.3, 0.4) is 0 Å². The van der Waals surface area contributed by atoms with Crippen molar-refractivity contribution in [3.05, 3.63) is 60.2 Å². The molecule has 0 heterocycles. The van der Waals surface area contributed by atoms with Gasteiger partial charge in [-0.15, -0.1) is 0 Å². The van der Waals surface area contributed by atoms with Crippen LogP contribution in [0.25, 0.3) is 0 Å². The monoisotopic (exact) mass is 300 g/mol. The van der Waals surface area contributed by atoms with Crippen LogP contribution in [0.15, 0.2) is 54.6 Å². The molecule has 0 fully saturated rings. The van der Waals surface area contributed by atoms with Crippen LogP contribution in [-0.4, -0.2) is 17.8 Å². The Bertz CT molecular complexity index is 586. The molecule has 0 spiro atoms. The maximum atomic E-state index is 5.69. The van der Waals surface area contributed by atoms with Gasteiger partial charge in [-0.1, -0.05) is 30.3 Å². The van der Waals surface area contributed by atoms with Crippen molar-refractivity contribution in [1.82, 2.24) is 5.32 Å². The molecule has 1 unspecified atom stereocenters. The topological polar surface area (TPSA) is 33.3 Å². The number of nitrogens with one attached hydrogen (secondary N) is 2. The van der Waals surface area contributed by atoms with Gasteiger partial charge in [0.15, 0.2) is 5.11 Å². The SMILES string of the molecule is Cc1cccc(NC(=S)NC(C)COc2ccccc2)c1. The van der Waals surface area contributed by atoms with Gasteiger partial charge in [-0.25, -0.2) is 0 Å². The van der Waals surface area contributed by atoms with Gasteiger partial charge in [0.1, 0.15) is 12.4 Å². The summed E-state index contributed by atoms with van der Waals surface area (Å²) in [5.41, 5.74) is 2.19. The van der Waals surface area contributed by atoms with E-state index in [1.165, 1.54) is 5.56 Å². The summed E-state index contributed by atoms with van der Waals surface area (Å²) >= 11 is 5.31. The van der Waals surface area contributed by atoms with E-state index in [0.29, 0.717) is 11.7 Å². The van der Waals surface area contributed by atoms with Gasteiger partial charge in [-0.3, -0.25) is 0 Å². The van der Waals surface area contributed by atoms with E-state index in [-0.39, 0.29) is 6.04 Å². The van der Waals surface area contributed by atoms with Crippen molar-refractivity contribution < 1.29 is 4.74 Å². The van der Waals surface area contributed by atoms with Crippen molar-refractivity contribution in [2.24, 2.45) is 0 Å². The highest BCUT2D eigenvalue weighted by Crippen LogP contribution is 2.10. The molecule has 2 aromatic rings. The van der Waals surface area contributed by atoms with Gasteiger partial charge in [0.2, 0.25) is 0 Å². The zero-order valence-electron chi connectivity index (χ0n) is 12.3. The van der Waals surface area contributed by atoms with E-state index >= 15 is 0 Å². The van der Waals surface area contributed by atoms with Gasteiger partial charge in [0.05, 0.1) is 6.04 Å². The van der Waals surface area contributed by atoms with Gasteiger partial charge in [-0.2, -0.15) is 0 Å². The van der Waals surface area contributed by atoms with Gasteiger partial charge in [0, 0.05) is 5.69 Å². The molecule has 0 saturated carbocycles. The molecule has 110 valence electrons. The summed E-state index contributed by atoms with van der Waals surface area (Å²) in [7, 11) is 0. The standard InChI is InChI=1S/C17H20N2OS/c1-13-7-6-8-15(11-13)19-17(21)18-14(2)12-20-16-9-4-3-5-10-16/h3-11,14H,12H2,1-2H3,(H2,18,19,21). The van der Waals surface area contributed by atoms with Gasteiger partial charge >= 0.3 is 0 Å². The highest BCUT2D eigenvalue weighted by Gasteiger charge is 2.05. The molecule has 2 N–H and O–H groups in total. The summed E-state index contributed by atoms with van der Waals surface area (Å²) in [5, 5.41) is 6.99. The lowest BCUT2D eigenvalue weighted by Crippen LogP contribution is -2.39. The van der Waals surface area contributed by atoms with Crippen molar-refractivity contribution in [3.8, 4) is 5.75 Å². The third-order valence-corrected chi connectivity index (χ3v) is 3.12. The predicted molar refractivity (Wildman–Crippen MR) is 91.9 cm³/mol. The van der Waals surface area contributed by atoms with Crippen molar-refractivity contribution in [1.29, 1.82) is 0 Å². The van der Waals surface area contributed by atoms with Crippen LogP contribution in [0.1, 0.15) is 12.5 Å². The van der Waals surface area contributed by atoms with Crippen LogP contribution in [0.2, 0.25) is 0 Å². The van der Waals surface area contributed by atoms with E-state index in [1.54, 1.807) is 0 Å². The summed E-state index contributed by atoms with van der Waals surface area (Å²) in [5.74, 6) is 0.865. The molecule has 0 radical (unpaired) electrons. The Morgan fingerprint density at radius 1 is 1.14 bits per heavy atom. The van der Waals surface area contributed by atoms with Gasteiger partial charge in [-0.05, 0) is 55.9 Å². The fraction of sp³-hybridized carbons (Fsp3) is 0.235. The molecule has 0 aliphatic carbocycles. The Kier molecular flexibility index (Phi) is 5.58. The van der Waals surface area contributed by atoms with Gasteiger partial charge < -0.3 is 15.4 Å². The molecule has 0 amide bonds. The fourth-order valence-electron chi connectivity index (χ4n) is 1.89. The molecular formula is C17H20N2OS. The number of anilines is 1. The smallest absolute Gasteiger partial charge is 0.171 e. The highest BCUT2D eigenvalue weighted by atomic mass is 32.1. The zero-order valence-corrected chi connectivity index (χ0v) is 13.1. The minimum Gasteiger partial charge on any atom is -0.491 e. The first-order valence-corrected chi connectivity index (χ1v) is 7.36. The normalized spacial score (nSPS) is 11.5. The summed E-state index contributed by atoms with van der Waals surface area (Å²) < 4.78 is 5.69. The van der Waals surface area contributed by atoms with Gasteiger partial charge in [0.25, 0.3) is 0 Å². The number of rotatable bonds is 5. The molecular weight excluding hydrogens is 280 g/mol. The summed E-state index contributed by atoms with van der Waals surface area (Å²) in [6, 6.07) is 18.0. The second-order valence-corrected chi connectivity index (χ2v) is 5.40. The van der Waals surface area contributed by atoms with Crippen molar-refractivity contribution >= 4 is 23.0 Å². The number of ether oxygens (including phenoxy) is 1. The van der Waals surface area contributed by atoms with Crippen LogP contribution in [-0.2, 0) is 0 Å².